The van der Waals surface area contributed by atoms with Gasteiger partial charge in [0, 0.05) is 18.8 Å². The fourth-order valence-corrected chi connectivity index (χ4v) is 1.13. The molecule has 0 saturated heterocycles. The minimum atomic E-state index is 0.273. The zero-order valence-corrected chi connectivity index (χ0v) is 7.95. The highest BCUT2D eigenvalue weighted by atomic mass is 16.5. The molecule has 0 aliphatic rings. The van der Waals surface area contributed by atoms with Gasteiger partial charge in [-0.1, -0.05) is 0 Å². The van der Waals surface area contributed by atoms with Crippen LogP contribution in [0, 0.1) is 0 Å². The van der Waals surface area contributed by atoms with Crippen molar-refractivity contribution in [3.05, 3.63) is 24.3 Å². The molecule has 0 aliphatic carbocycles. The Labute approximate surface area is 78.3 Å². The Balaban J connectivity index is 2.49. The van der Waals surface area contributed by atoms with Crippen LogP contribution in [0.3, 0.4) is 0 Å². The number of methoxy groups -OCH3 is 1. The van der Waals surface area contributed by atoms with E-state index in [0.717, 1.165) is 5.69 Å². The largest absolute Gasteiger partial charge is 0.508 e. The molecule has 0 fully saturated rings. The molecule has 1 unspecified atom stereocenters. The number of rotatable bonds is 4. The van der Waals surface area contributed by atoms with E-state index in [0.29, 0.717) is 6.61 Å². The molecule has 0 aromatic heterocycles. The van der Waals surface area contributed by atoms with Crippen molar-refractivity contribution in [2.75, 3.05) is 19.0 Å². The number of anilines is 1. The molecule has 0 saturated carbocycles. The first-order chi connectivity index (χ1) is 6.22. The van der Waals surface area contributed by atoms with Crippen LogP contribution in [0.25, 0.3) is 0 Å². The highest BCUT2D eigenvalue weighted by Gasteiger charge is 1.99. The molecule has 1 rings (SSSR count). The van der Waals surface area contributed by atoms with Crippen molar-refractivity contribution in [1.82, 2.24) is 0 Å². The Morgan fingerprint density at radius 2 is 2.00 bits per heavy atom. The molecular formula is C10H15NO2. The van der Waals surface area contributed by atoms with Gasteiger partial charge in [-0.15, -0.1) is 0 Å². The standard InChI is InChI=1S/C10H15NO2/c1-8(7-13-2)11-9-3-5-10(12)6-4-9/h3-6,8,11-12H,7H2,1-2H3. The highest BCUT2D eigenvalue weighted by Crippen LogP contribution is 2.14. The summed E-state index contributed by atoms with van der Waals surface area (Å²) in [5, 5.41) is 12.3. The fraction of sp³-hybridized carbons (Fsp3) is 0.400. The average molecular weight is 181 g/mol. The maximum atomic E-state index is 9.04. The number of phenols is 1. The molecule has 1 aromatic rings. The predicted molar refractivity (Wildman–Crippen MR) is 53.1 cm³/mol. The van der Waals surface area contributed by atoms with Crippen molar-refractivity contribution in [1.29, 1.82) is 0 Å². The van der Waals surface area contributed by atoms with E-state index in [2.05, 4.69) is 5.32 Å². The number of nitrogens with one attached hydrogen (secondary N) is 1. The van der Waals surface area contributed by atoms with Crippen LogP contribution in [0.5, 0.6) is 5.75 Å². The third-order valence-electron chi connectivity index (χ3n) is 1.70. The van der Waals surface area contributed by atoms with Gasteiger partial charge in [-0.05, 0) is 31.2 Å². The second kappa shape index (κ2) is 4.72. The highest BCUT2D eigenvalue weighted by molar-refractivity contribution is 5.46. The molecule has 1 aromatic carbocycles. The summed E-state index contributed by atoms with van der Waals surface area (Å²) >= 11 is 0. The van der Waals surface area contributed by atoms with Crippen LogP contribution in [-0.4, -0.2) is 24.9 Å². The second-order valence-corrected chi connectivity index (χ2v) is 3.05. The van der Waals surface area contributed by atoms with E-state index in [1.807, 2.05) is 19.1 Å². The van der Waals surface area contributed by atoms with Gasteiger partial charge >= 0.3 is 0 Å². The summed E-state index contributed by atoms with van der Waals surface area (Å²) in [5.41, 5.74) is 0.988. The third kappa shape index (κ3) is 3.34. The topological polar surface area (TPSA) is 41.5 Å². The minimum Gasteiger partial charge on any atom is -0.508 e. The van der Waals surface area contributed by atoms with Crippen LogP contribution in [0.1, 0.15) is 6.92 Å². The van der Waals surface area contributed by atoms with Crippen molar-refractivity contribution in [2.45, 2.75) is 13.0 Å². The molecule has 0 heterocycles. The van der Waals surface area contributed by atoms with Gasteiger partial charge in [0.05, 0.1) is 6.61 Å². The summed E-state index contributed by atoms with van der Waals surface area (Å²) in [6.07, 6.45) is 0. The lowest BCUT2D eigenvalue weighted by atomic mass is 10.2. The Bertz CT molecular complexity index is 246. The first-order valence-electron chi connectivity index (χ1n) is 4.27. The second-order valence-electron chi connectivity index (χ2n) is 3.05. The van der Waals surface area contributed by atoms with Crippen molar-refractivity contribution < 1.29 is 9.84 Å². The molecular weight excluding hydrogens is 166 g/mol. The summed E-state index contributed by atoms with van der Waals surface area (Å²) in [7, 11) is 1.68. The van der Waals surface area contributed by atoms with Gasteiger partial charge < -0.3 is 15.2 Å². The van der Waals surface area contributed by atoms with Gasteiger partial charge in [0.1, 0.15) is 5.75 Å². The Morgan fingerprint density at radius 3 is 2.54 bits per heavy atom. The number of benzene rings is 1. The predicted octanol–water partition coefficient (Wildman–Crippen LogP) is 1.84. The smallest absolute Gasteiger partial charge is 0.115 e. The summed E-state index contributed by atoms with van der Waals surface area (Å²) in [4.78, 5) is 0. The van der Waals surface area contributed by atoms with E-state index in [1.54, 1.807) is 19.2 Å². The van der Waals surface area contributed by atoms with Crippen LogP contribution in [-0.2, 0) is 4.74 Å². The zero-order chi connectivity index (χ0) is 9.68. The van der Waals surface area contributed by atoms with Gasteiger partial charge in [-0.3, -0.25) is 0 Å². The van der Waals surface area contributed by atoms with Gasteiger partial charge in [-0.2, -0.15) is 0 Å². The molecule has 0 radical (unpaired) electrons. The first-order valence-corrected chi connectivity index (χ1v) is 4.27. The van der Waals surface area contributed by atoms with E-state index in [4.69, 9.17) is 9.84 Å². The molecule has 0 amide bonds. The number of hydrogen-bond donors (Lipinski definition) is 2. The number of hydrogen-bond acceptors (Lipinski definition) is 3. The quantitative estimate of drug-likeness (QED) is 0.696. The van der Waals surface area contributed by atoms with E-state index < -0.39 is 0 Å². The van der Waals surface area contributed by atoms with Crippen LogP contribution in [0.2, 0.25) is 0 Å². The molecule has 3 heteroatoms. The van der Waals surface area contributed by atoms with Crippen molar-refractivity contribution in [3.63, 3.8) is 0 Å². The maximum Gasteiger partial charge on any atom is 0.115 e. The van der Waals surface area contributed by atoms with Crippen LogP contribution >= 0.6 is 0 Å². The zero-order valence-electron chi connectivity index (χ0n) is 7.95. The summed E-state index contributed by atoms with van der Waals surface area (Å²) in [5.74, 6) is 0.282. The van der Waals surface area contributed by atoms with Gasteiger partial charge in [0.15, 0.2) is 0 Å². The Kier molecular flexibility index (Phi) is 3.58. The lowest BCUT2D eigenvalue weighted by Gasteiger charge is -2.13. The molecule has 1 atom stereocenters. The lowest BCUT2D eigenvalue weighted by Crippen LogP contribution is -2.20. The Morgan fingerprint density at radius 1 is 1.38 bits per heavy atom. The minimum absolute atomic E-state index is 0.273. The fourth-order valence-electron chi connectivity index (χ4n) is 1.13. The van der Waals surface area contributed by atoms with Crippen LogP contribution in [0.4, 0.5) is 5.69 Å². The lowest BCUT2D eigenvalue weighted by molar-refractivity contribution is 0.190. The van der Waals surface area contributed by atoms with Crippen molar-refractivity contribution in [2.24, 2.45) is 0 Å². The summed E-state index contributed by atoms with van der Waals surface area (Å²) in [6, 6.07) is 7.25. The third-order valence-corrected chi connectivity index (χ3v) is 1.70. The molecule has 0 aliphatic heterocycles. The molecule has 2 N–H and O–H groups in total. The molecule has 72 valence electrons. The van der Waals surface area contributed by atoms with Crippen LogP contribution in [0.15, 0.2) is 24.3 Å². The normalized spacial score (nSPS) is 12.5. The molecule has 0 bridgehead atoms. The van der Waals surface area contributed by atoms with Crippen LogP contribution < -0.4 is 5.32 Å². The van der Waals surface area contributed by atoms with E-state index >= 15 is 0 Å². The molecule has 13 heavy (non-hydrogen) atoms. The SMILES string of the molecule is COCC(C)Nc1ccc(O)cc1. The monoisotopic (exact) mass is 181 g/mol. The molecule has 0 spiro atoms. The molecule has 3 nitrogen and oxygen atoms in total. The van der Waals surface area contributed by atoms with E-state index in [9.17, 15) is 0 Å². The summed E-state index contributed by atoms with van der Waals surface area (Å²) < 4.78 is 4.99. The average Bonchev–Trinajstić information content (AvgIpc) is 2.09. The maximum absolute atomic E-state index is 9.04. The van der Waals surface area contributed by atoms with Crippen molar-refractivity contribution >= 4 is 5.69 Å². The first kappa shape index (κ1) is 9.86. The van der Waals surface area contributed by atoms with Gasteiger partial charge in [0.25, 0.3) is 0 Å². The van der Waals surface area contributed by atoms with Crippen molar-refractivity contribution in [3.8, 4) is 5.75 Å². The van der Waals surface area contributed by atoms with Gasteiger partial charge in [-0.25, -0.2) is 0 Å². The number of phenolic OH excluding ortho intramolecular Hbond substituents is 1. The van der Waals surface area contributed by atoms with E-state index in [1.165, 1.54) is 0 Å². The van der Waals surface area contributed by atoms with E-state index in [-0.39, 0.29) is 11.8 Å². The number of ether oxygens (including phenoxy) is 1. The summed E-state index contributed by atoms with van der Waals surface area (Å²) in [6.45, 7) is 2.71. The number of aromatic hydroxyl groups is 1. The van der Waals surface area contributed by atoms with Gasteiger partial charge in [0.2, 0.25) is 0 Å². The Hall–Kier alpha value is -1.22.